The molecule has 0 heterocycles. The number of carbonyl (C=O) groups excluding carboxylic acids is 1. The van der Waals surface area contributed by atoms with Gasteiger partial charge in [0.05, 0.1) is 11.6 Å². The Kier molecular flexibility index (Phi) is 5.92. The van der Waals surface area contributed by atoms with E-state index in [1.807, 2.05) is 37.3 Å². The molecule has 0 aromatic heterocycles. The Balaban J connectivity index is 1.79. The molecule has 4 N–H and O–H groups in total. The van der Waals surface area contributed by atoms with Crippen LogP contribution in [-0.4, -0.2) is 11.7 Å². The zero-order valence-electron chi connectivity index (χ0n) is 13.4. The first-order chi connectivity index (χ1) is 11.6. The molecule has 0 spiro atoms. The molecule has 0 saturated heterocycles. The second-order valence-corrected chi connectivity index (χ2v) is 5.32. The van der Waals surface area contributed by atoms with Gasteiger partial charge in [-0.2, -0.15) is 5.26 Å². The summed E-state index contributed by atoms with van der Waals surface area (Å²) in [7, 11) is 0. The van der Waals surface area contributed by atoms with E-state index in [2.05, 4.69) is 10.5 Å². The number of rotatable bonds is 6. The number of hydrogen-bond acceptors (Lipinski definition) is 3. The van der Waals surface area contributed by atoms with E-state index in [9.17, 15) is 4.79 Å². The fourth-order valence-corrected chi connectivity index (χ4v) is 1.94. The Bertz CT molecular complexity index is 759. The predicted molar refractivity (Wildman–Crippen MR) is 90.5 cm³/mol. The summed E-state index contributed by atoms with van der Waals surface area (Å²) in [4.78, 5) is 17.1. The number of amides is 1. The Hall–Kier alpha value is -3.33. The minimum absolute atomic E-state index is 0.00124. The lowest BCUT2D eigenvalue weighted by Gasteiger charge is -2.04. The van der Waals surface area contributed by atoms with Gasteiger partial charge in [0, 0.05) is 5.69 Å². The molecule has 2 rings (SSSR count). The number of hydrogen-bond donors (Lipinski definition) is 3. The molecule has 2 aromatic carbocycles. The average molecular weight is 323 g/mol. The number of nitrogens with two attached hydrogens (primary N) is 1. The molecule has 6 nitrogen and oxygen atoms in total. The van der Waals surface area contributed by atoms with Crippen molar-refractivity contribution in [2.75, 3.05) is 5.32 Å². The van der Waals surface area contributed by atoms with Crippen molar-refractivity contribution in [2.24, 2.45) is 5.73 Å². The van der Waals surface area contributed by atoms with E-state index in [4.69, 9.17) is 15.8 Å². The van der Waals surface area contributed by atoms with Crippen molar-refractivity contribution >= 4 is 17.4 Å². The molecular formula is C18H19N4O2+. The highest BCUT2D eigenvalue weighted by Gasteiger charge is 2.09. The summed E-state index contributed by atoms with van der Waals surface area (Å²) in [5.41, 5.74) is 9.06. The Morgan fingerprint density at radius 2 is 1.88 bits per heavy atom. The van der Waals surface area contributed by atoms with Crippen molar-refractivity contribution in [2.45, 2.75) is 20.0 Å². The van der Waals surface area contributed by atoms with Crippen LogP contribution in [0.3, 0.4) is 0 Å². The van der Waals surface area contributed by atoms with Gasteiger partial charge in [-0.1, -0.05) is 35.0 Å². The van der Waals surface area contributed by atoms with Crippen molar-refractivity contribution in [3.8, 4) is 6.07 Å². The number of anilines is 1. The van der Waals surface area contributed by atoms with Crippen LogP contribution in [0.4, 0.5) is 5.69 Å². The summed E-state index contributed by atoms with van der Waals surface area (Å²) in [5, 5.41) is 14.0. The third-order valence-corrected chi connectivity index (χ3v) is 3.21. The third-order valence-electron chi connectivity index (χ3n) is 3.21. The van der Waals surface area contributed by atoms with E-state index in [0.717, 1.165) is 16.8 Å². The van der Waals surface area contributed by atoms with Crippen LogP contribution in [0.25, 0.3) is 0 Å². The van der Waals surface area contributed by atoms with Crippen LogP contribution < -0.4 is 16.2 Å². The van der Waals surface area contributed by atoms with Gasteiger partial charge in [-0.05, 0) is 36.8 Å². The van der Waals surface area contributed by atoms with E-state index in [0.29, 0.717) is 5.56 Å². The van der Waals surface area contributed by atoms with E-state index in [1.165, 1.54) is 0 Å². The Morgan fingerprint density at radius 1 is 1.21 bits per heavy atom. The van der Waals surface area contributed by atoms with Gasteiger partial charge < -0.3 is 10.2 Å². The quantitative estimate of drug-likeness (QED) is 0.415. The smallest absolute Gasteiger partial charge is 0.288 e. The number of carbonyl (C=O) groups is 1. The van der Waals surface area contributed by atoms with Crippen LogP contribution in [0.1, 0.15) is 23.1 Å². The van der Waals surface area contributed by atoms with E-state index >= 15 is 0 Å². The molecule has 0 saturated carbocycles. The zero-order chi connectivity index (χ0) is 17.4. The van der Waals surface area contributed by atoms with Gasteiger partial charge in [-0.25, -0.2) is 0 Å². The Labute approximate surface area is 140 Å². The molecule has 0 aliphatic heterocycles. The molecule has 24 heavy (non-hydrogen) atoms. The summed E-state index contributed by atoms with van der Waals surface area (Å²) in [6.07, 6.45) is 0.00124. The monoisotopic (exact) mass is 323 g/mol. The SMILES string of the molecule is Cc1ccc(NC(=O)CC(N)=[NH+]OCc2ccc(C#N)cc2)cc1. The molecule has 0 fully saturated rings. The molecule has 0 aliphatic carbocycles. The lowest BCUT2D eigenvalue weighted by molar-refractivity contribution is -0.759. The van der Waals surface area contributed by atoms with Crippen molar-refractivity contribution in [3.63, 3.8) is 0 Å². The van der Waals surface area contributed by atoms with Gasteiger partial charge in [0.25, 0.3) is 5.84 Å². The molecule has 1 amide bonds. The largest absolute Gasteiger partial charge is 0.338 e. The van der Waals surface area contributed by atoms with Gasteiger partial charge in [0.2, 0.25) is 5.91 Å². The standard InChI is InChI=1S/C18H18N4O2/c1-13-2-8-16(9-3-13)21-18(23)10-17(20)22-24-12-15-6-4-14(11-19)5-7-15/h2-9H,10,12H2,1H3,(H2,20,22)(H,21,23)/p+1. The topological polar surface area (TPSA) is 102 Å². The van der Waals surface area contributed by atoms with Gasteiger partial charge in [-0.15, -0.1) is 0 Å². The van der Waals surface area contributed by atoms with E-state index < -0.39 is 0 Å². The molecule has 0 radical (unpaired) electrons. The highest BCUT2D eigenvalue weighted by atomic mass is 16.6. The van der Waals surface area contributed by atoms with Crippen LogP contribution in [0.5, 0.6) is 0 Å². The second-order valence-electron chi connectivity index (χ2n) is 5.32. The first-order valence-corrected chi connectivity index (χ1v) is 7.41. The highest BCUT2D eigenvalue weighted by molar-refractivity contribution is 6.03. The summed E-state index contributed by atoms with van der Waals surface area (Å²) in [6.45, 7) is 2.25. The van der Waals surface area contributed by atoms with Crippen LogP contribution in [0.2, 0.25) is 0 Å². The first kappa shape index (κ1) is 17.0. The summed E-state index contributed by atoms with van der Waals surface area (Å²) in [5.74, 6) is -0.0147. The molecule has 0 atom stereocenters. The average Bonchev–Trinajstić information content (AvgIpc) is 2.57. The molecule has 2 aromatic rings. The first-order valence-electron chi connectivity index (χ1n) is 7.41. The summed E-state index contributed by atoms with van der Waals surface area (Å²) in [6, 6.07) is 16.6. The van der Waals surface area contributed by atoms with Gasteiger partial charge >= 0.3 is 0 Å². The van der Waals surface area contributed by atoms with Crippen molar-refractivity contribution in [1.82, 2.24) is 0 Å². The Morgan fingerprint density at radius 3 is 2.50 bits per heavy atom. The number of amidine groups is 1. The highest BCUT2D eigenvalue weighted by Crippen LogP contribution is 2.08. The van der Waals surface area contributed by atoms with Crippen LogP contribution in [0, 0.1) is 18.3 Å². The number of benzene rings is 2. The fourth-order valence-electron chi connectivity index (χ4n) is 1.94. The van der Waals surface area contributed by atoms with Crippen LogP contribution in [-0.2, 0) is 16.2 Å². The van der Waals surface area contributed by atoms with Crippen molar-refractivity contribution in [3.05, 3.63) is 65.2 Å². The van der Waals surface area contributed by atoms with E-state index in [-0.39, 0.29) is 24.8 Å². The number of nitrogens with zero attached hydrogens (tertiary/aromatic N) is 1. The summed E-state index contributed by atoms with van der Waals surface area (Å²) < 4.78 is 0. The van der Waals surface area contributed by atoms with Gasteiger partial charge in [0.15, 0.2) is 6.61 Å². The molecule has 0 bridgehead atoms. The molecule has 122 valence electrons. The van der Waals surface area contributed by atoms with Crippen molar-refractivity contribution < 1.29 is 14.8 Å². The molecule has 0 unspecified atom stereocenters. The number of nitriles is 1. The maximum atomic E-state index is 11.9. The van der Waals surface area contributed by atoms with Crippen LogP contribution >= 0.6 is 0 Å². The predicted octanol–water partition coefficient (Wildman–Crippen LogP) is 0.765. The fraction of sp³-hybridized carbons (Fsp3) is 0.167. The molecule has 0 aliphatic rings. The molecule has 6 heteroatoms. The van der Waals surface area contributed by atoms with Gasteiger partial charge in [-0.3, -0.25) is 10.5 Å². The number of nitrogens with one attached hydrogen (secondary N) is 2. The lowest BCUT2D eigenvalue weighted by Crippen LogP contribution is -2.74. The lowest BCUT2D eigenvalue weighted by atomic mass is 10.2. The molecular weight excluding hydrogens is 304 g/mol. The maximum Gasteiger partial charge on any atom is 0.288 e. The minimum atomic E-state index is -0.231. The van der Waals surface area contributed by atoms with Gasteiger partial charge in [0.1, 0.15) is 6.42 Å². The third kappa shape index (κ3) is 5.46. The van der Waals surface area contributed by atoms with E-state index in [1.54, 1.807) is 24.3 Å². The zero-order valence-corrected chi connectivity index (χ0v) is 13.4. The van der Waals surface area contributed by atoms with Crippen molar-refractivity contribution in [1.29, 1.82) is 5.26 Å². The second kappa shape index (κ2) is 8.34. The van der Waals surface area contributed by atoms with Crippen LogP contribution in [0.15, 0.2) is 48.5 Å². The number of aryl methyl sites for hydroxylation is 1. The minimum Gasteiger partial charge on any atom is -0.338 e. The summed E-state index contributed by atoms with van der Waals surface area (Å²) >= 11 is 0. The maximum absolute atomic E-state index is 11.9. The normalized spacial score (nSPS) is 10.8.